The van der Waals surface area contributed by atoms with Crippen LogP contribution in [0.4, 0.5) is 4.39 Å². The highest BCUT2D eigenvalue weighted by Gasteiger charge is 2.33. The number of hydrogen-bond acceptors (Lipinski definition) is 15. The summed E-state index contributed by atoms with van der Waals surface area (Å²) < 4.78 is 57.6. The lowest BCUT2D eigenvalue weighted by atomic mass is 9.86. The molecule has 15 nitrogen and oxygen atoms in total. The summed E-state index contributed by atoms with van der Waals surface area (Å²) in [5.41, 5.74) is 4.49. The monoisotopic (exact) mass is 1060 g/mol. The molecule has 3 aliphatic heterocycles. The minimum Gasteiger partial charge on any atom is -0.490 e. The standard InChI is InChI=1S/C54H61Cl2FN6O9S/c1-32-44-33(2)48(56)49(47(32)55)71-41(28-63-20-18-62(3)19-21-63)30-69-40-14-15-42(70-29-38-16-17-58-51(61-38)35-8-12-39(13-9-35)68-23-5-22-67-25-24-66-4)36(26-40)27-43(54(64)65)72-52-46-45(44)50(73-53(46)60-31-59-52)34-6-10-37(57)11-7-34/h6-7,10-11,14-17,26,31,35,39,41,43H,5,8-9,12-13,18-25,27-30H2,1-4H3,(H,64,65)/t35?,39?,41-,43-/m1/s1. The first kappa shape index (κ1) is 52.6. The van der Waals surface area contributed by atoms with E-state index in [0.29, 0.717) is 114 Å². The van der Waals surface area contributed by atoms with Gasteiger partial charge in [-0.15, -0.1) is 11.3 Å². The van der Waals surface area contributed by atoms with Gasteiger partial charge in [0.25, 0.3) is 0 Å². The van der Waals surface area contributed by atoms with Gasteiger partial charge in [0.15, 0.2) is 5.75 Å². The van der Waals surface area contributed by atoms with Gasteiger partial charge in [0, 0.05) is 87.6 Å². The van der Waals surface area contributed by atoms with Crippen molar-refractivity contribution in [2.75, 3.05) is 79.9 Å². The number of carboxylic acids is 1. The number of fused-ring (bicyclic) bond motifs is 7. The van der Waals surface area contributed by atoms with Crippen molar-refractivity contribution in [3.05, 3.63) is 105 Å². The van der Waals surface area contributed by atoms with Crippen LogP contribution >= 0.6 is 34.5 Å². The first-order chi connectivity index (χ1) is 35.4. The third kappa shape index (κ3) is 12.7. The maximum absolute atomic E-state index is 14.4. The molecular weight excluding hydrogens is 999 g/mol. The fourth-order valence-corrected chi connectivity index (χ4v) is 11.4. The average Bonchev–Trinajstić information content (AvgIpc) is 3.78. The van der Waals surface area contributed by atoms with Crippen molar-refractivity contribution in [1.29, 1.82) is 0 Å². The maximum Gasteiger partial charge on any atom is 0.345 e. The maximum atomic E-state index is 14.4. The van der Waals surface area contributed by atoms with Crippen molar-refractivity contribution in [2.24, 2.45) is 0 Å². The summed E-state index contributed by atoms with van der Waals surface area (Å²) in [7, 11) is 3.77. The van der Waals surface area contributed by atoms with Crippen LogP contribution in [-0.2, 0) is 32.0 Å². The van der Waals surface area contributed by atoms with Gasteiger partial charge in [-0.2, -0.15) is 0 Å². The zero-order chi connectivity index (χ0) is 51.0. The van der Waals surface area contributed by atoms with E-state index in [2.05, 4.69) is 31.8 Å². The van der Waals surface area contributed by atoms with Gasteiger partial charge in [-0.25, -0.2) is 29.1 Å². The Morgan fingerprint density at radius 3 is 2.41 bits per heavy atom. The Morgan fingerprint density at radius 2 is 1.67 bits per heavy atom. The van der Waals surface area contributed by atoms with Crippen LogP contribution in [0.5, 0.6) is 23.1 Å². The zero-order valence-electron chi connectivity index (χ0n) is 41.5. The molecule has 19 heteroatoms. The number of aliphatic carboxylic acids is 1. The SMILES string of the molecule is COCCOCCCOC1CCC(c2nccc(COc3ccc4cc3C[C@H](C(=O)O)Oc3ncnc5sc(-c6ccc(F)cc6)c(c35)-c3c(C)c(Cl)c(c(Cl)c3C)O[C@H](CN3CCN(C)CC3)CO4)n2)CC1. The minimum absolute atomic E-state index is 0.0345. The Hall–Kier alpha value is -5.24. The largest absolute Gasteiger partial charge is 0.490 e. The number of piperazine rings is 1. The van der Waals surface area contributed by atoms with Gasteiger partial charge in [-0.3, -0.25) is 4.90 Å². The van der Waals surface area contributed by atoms with Gasteiger partial charge in [0.1, 0.15) is 53.6 Å². The number of carboxylic acid groups (broad SMARTS) is 1. The summed E-state index contributed by atoms with van der Waals surface area (Å²) in [5, 5.41) is 12.0. The lowest BCUT2D eigenvalue weighted by Gasteiger charge is -2.35. The number of halogens is 3. The van der Waals surface area contributed by atoms with Crippen LogP contribution in [0.15, 0.2) is 61.1 Å². The molecule has 6 aromatic rings. The third-order valence-corrected chi connectivity index (χ3v) is 15.8. The van der Waals surface area contributed by atoms with Gasteiger partial charge in [-0.05, 0) is 112 Å². The lowest BCUT2D eigenvalue weighted by Crippen LogP contribution is -2.49. The summed E-state index contributed by atoms with van der Waals surface area (Å²) in [6, 6.07) is 13.3. The molecule has 2 atom stereocenters. The topological polar surface area (TPSA) is 160 Å². The molecule has 1 aliphatic carbocycles. The number of ether oxygens (including phenoxy) is 7. The number of hydrogen-bond donors (Lipinski definition) is 1. The summed E-state index contributed by atoms with van der Waals surface area (Å²) in [4.78, 5) is 38.1. The zero-order valence-corrected chi connectivity index (χ0v) is 43.9. The first-order valence-electron chi connectivity index (χ1n) is 24.8. The van der Waals surface area contributed by atoms with Crippen LogP contribution in [0.2, 0.25) is 10.0 Å². The highest BCUT2D eigenvalue weighted by atomic mass is 35.5. The molecular formula is C54H61Cl2FN6O9S. The van der Waals surface area contributed by atoms with E-state index in [1.807, 2.05) is 19.9 Å². The smallest absolute Gasteiger partial charge is 0.345 e. The van der Waals surface area contributed by atoms with E-state index in [0.717, 1.165) is 64.1 Å². The molecule has 388 valence electrons. The molecule has 0 amide bonds. The Kier molecular flexibility index (Phi) is 17.6. The van der Waals surface area contributed by atoms with Gasteiger partial charge < -0.3 is 43.2 Å². The quantitative estimate of drug-likeness (QED) is 0.0912. The molecule has 3 aromatic carbocycles. The van der Waals surface area contributed by atoms with E-state index < -0.39 is 24.0 Å². The van der Waals surface area contributed by atoms with Crippen molar-refractivity contribution < 1.29 is 47.4 Å². The Bertz CT molecular complexity index is 2830. The van der Waals surface area contributed by atoms with Crippen molar-refractivity contribution in [3.63, 3.8) is 0 Å². The van der Waals surface area contributed by atoms with Crippen molar-refractivity contribution in [3.8, 4) is 44.7 Å². The second kappa shape index (κ2) is 24.4. The van der Waals surface area contributed by atoms with Crippen molar-refractivity contribution in [2.45, 2.75) is 83.2 Å². The number of rotatable bonds is 16. The molecule has 0 spiro atoms. The molecule has 0 unspecified atom stereocenters. The van der Waals surface area contributed by atoms with E-state index in [1.54, 1.807) is 43.6 Å². The summed E-state index contributed by atoms with van der Waals surface area (Å²) in [6.07, 6.45) is 5.67. The summed E-state index contributed by atoms with van der Waals surface area (Å²) in [5.74, 6) is 0.581. The van der Waals surface area contributed by atoms with E-state index in [-0.39, 0.29) is 37.5 Å². The van der Waals surface area contributed by atoms with E-state index in [4.69, 9.17) is 61.3 Å². The number of nitrogens with zero attached hydrogens (tertiary/aromatic N) is 6. The first-order valence-corrected chi connectivity index (χ1v) is 26.4. The third-order valence-electron chi connectivity index (χ3n) is 13.7. The molecule has 1 saturated carbocycles. The van der Waals surface area contributed by atoms with Gasteiger partial charge in [-0.1, -0.05) is 35.3 Å². The fourth-order valence-electron chi connectivity index (χ4n) is 9.70. The molecule has 73 heavy (non-hydrogen) atoms. The van der Waals surface area contributed by atoms with Crippen LogP contribution in [0.3, 0.4) is 0 Å². The van der Waals surface area contributed by atoms with E-state index in [1.165, 1.54) is 29.8 Å². The van der Waals surface area contributed by atoms with Crippen LogP contribution in [0, 0.1) is 19.7 Å². The number of benzene rings is 3. The number of thiophene rings is 1. The summed E-state index contributed by atoms with van der Waals surface area (Å²) >= 11 is 16.0. The number of methoxy groups -OCH3 is 1. The van der Waals surface area contributed by atoms with Crippen molar-refractivity contribution >= 4 is 50.7 Å². The van der Waals surface area contributed by atoms with Crippen molar-refractivity contribution in [1.82, 2.24) is 29.7 Å². The number of carbonyl (C=O) groups is 1. The Labute approximate surface area is 438 Å². The highest BCUT2D eigenvalue weighted by Crippen LogP contribution is 2.53. The highest BCUT2D eigenvalue weighted by molar-refractivity contribution is 7.22. The molecule has 4 aliphatic rings. The lowest BCUT2D eigenvalue weighted by molar-refractivity contribution is -0.145. The molecule has 1 N–H and O–H groups in total. The minimum atomic E-state index is -1.46. The van der Waals surface area contributed by atoms with Crippen LogP contribution in [0.25, 0.3) is 31.8 Å². The fraction of sp³-hybridized carbons (Fsp3) is 0.463. The molecule has 3 aromatic heterocycles. The van der Waals surface area contributed by atoms with E-state index in [9.17, 15) is 14.3 Å². The van der Waals surface area contributed by atoms with Gasteiger partial charge in [0.2, 0.25) is 12.0 Å². The van der Waals surface area contributed by atoms with Crippen LogP contribution in [0.1, 0.15) is 66.2 Å². The predicted molar refractivity (Wildman–Crippen MR) is 278 cm³/mol. The predicted octanol–water partition coefficient (Wildman–Crippen LogP) is 10.0. The molecule has 0 radical (unpaired) electrons. The molecule has 4 bridgehead atoms. The number of aromatic nitrogens is 4. The number of likely N-dealkylation sites (N-methyl/N-ethyl adjacent to an activating group) is 1. The summed E-state index contributed by atoms with van der Waals surface area (Å²) in [6.45, 7) is 10.4. The van der Waals surface area contributed by atoms with Crippen LogP contribution in [-0.4, -0.2) is 139 Å². The Balaban J connectivity index is 1.03. The van der Waals surface area contributed by atoms with E-state index >= 15 is 0 Å². The molecule has 10 rings (SSSR count). The Morgan fingerprint density at radius 1 is 0.904 bits per heavy atom. The normalized spacial score (nSPS) is 19.8. The van der Waals surface area contributed by atoms with Gasteiger partial charge >= 0.3 is 5.97 Å². The molecule has 2 fully saturated rings. The average molecular weight is 1060 g/mol. The molecule has 6 heterocycles. The molecule has 1 saturated heterocycles. The van der Waals surface area contributed by atoms with Crippen LogP contribution < -0.4 is 18.9 Å². The second-order valence-electron chi connectivity index (χ2n) is 18.8. The second-order valence-corrected chi connectivity index (χ2v) is 20.6. The van der Waals surface area contributed by atoms with Gasteiger partial charge in [0.05, 0.1) is 40.4 Å².